The average Bonchev–Trinajstić information content (AvgIpc) is 3.22. The number of benzene rings is 2. The molecule has 0 atom stereocenters. The largest absolute Gasteiger partial charge is 0.347 e. The second-order valence-corrected chi connectivity index (χ2v) is 6.99. The van der Waals surface area contributed by atoms with Crippen molar-refractivity contribution in [3.05, 3.63) is 76.0 Å². The summed E-state index contributed by atoms with van der Waals surface area (Å²) in [5.74, 6) is -0.0855. The van der Waals surface area contributed by atoms with Gasteiger partial charge in [-0.1, -0.05) is 36.4 Å². The van der Waals surface area contributed by atoms with E-state index in [1.807, 2.05) is 71.9 Å². The van der Waals surface area contributed by atoms with E-state index in [2.05, 4.69) is 17.0 Å². The number of thiophene rings is 1. The molecular formula is C21H22N4OS. The molecule has 0 aliphatic carbocycles. The third-order valence-corrected chi connectivity index (χ3v) is 5.24. The number of nitrogens with two attached hydrogens (primary N) is 1. The third-order valence-electron chi connectivity index (χ3n) is 4.32. The molecule has 3 rings (SSSR count). The number of hydrogen-bond donors (Lipinski definition) is 2. The van der Waals surface area contributed by atoms with Crippen molar-refractivity contribution in [2.45, 2.75) is 13.1 Å². The maximum atomic E-state index is 12.5. The topological polar surface area (TPSA) is 70.7 Å². The summed E-state index contributed by atoms with van der Waals surface area (Å²) in [4.78, 5) is 19.2. The molecule has 0 aliphatic heterocycles. The second kappa shape index (κ2) is 8.62. The second-order valence-electron chi connectivity index (χ2n) is 6.08. The summed E-state index contributed by atoms with van der Waals surface area (Å²) in [6.07, 6.45) is 0. The molecule has 1 amide bonds. The molecule has 0 spiro atoms. The first-order valence-electron chi connectivity index (χ1n) is 8.56. The van der Waals surface area contributed by atoms with Crippen LogP contribution >= 0.6 is 11.3 Å². The predicted molar refractivity (Wildman–Crippen MR) is 114 cm³/mol. The van der Waals surface area contributed by atoms with Crippen molar-refractivity contribution in [1.29, 1.82) is 0 Å². The highest BCUT2D eigenvalue weighted by Gasteiger charge is 2.14. The number of carbonyl (C=O) groups excluding carboxylic acids is 1. The van der Waals surface area contributed by atoms with Crippen LogP contribution in [-0.4, -0.2) is 19.7 Å². The van der Waals surface area contributed by atoms with Gasteiger partial charge in [0.1, 0.15) is 0 Å². The Balaban J connectivity index is 1.67. The van der Waals surface area contributed by atoms with Gasteiger partial charge in [0.05, 0.1) is 21.9 Å². The Bertz CT molecular complexity index is 933. The van der Waals surface area contributed by atoms with Crippen molar-refractivity contribution in [3.8, 4) is 0 Å². The molecule has 27 heavy (non-hydrogen) atoms. The molecule has 0 unspecified atom stereocenters. The molecule has 1 heterocycles. The van der Waals surface area contributed by atoms with Gasteiger partial charge in [0.2, 0.25) is 0 Å². The highest BCUT2D eigenvalue weighted by Crippen LogP contribution is 2.34. The third kappa shape index (κ3) is 4.42. The fourth-order valence-corrected chi connectivity index (χ4v) is 3.55. The number of aliphatic imine (C=N–C) groups is 1. The van der Waals surface area contributed by atoms with E-state index in [4.69, 9.17) is 5.73 Å². The van der Waals surface area contributed by atoms with E-state index in [0.29, 0.717) is 18.0 Å². The molecule has 3 N–H and O–H groups in total. The lowest BCUT2D eigenvalue weighted by molar-refractivity contribution is 0.0955. The van der Waals surface area contributed by atoms with E-state index in [1.165, 1.54) is 11.3 Å². The Morgan fingerprint density at radius 1 is 1.19 bits per heavy atom. The van der Waals surface area contributed by atoms with E-state index >= 15 is 0 Å². The summed E-state index contributed by atoms with van der Waals surface area (Å²) < 4.78 is 0. The minimum absolute atomic E-state index is 0.0855. The van der Waals surface area contributed by atoms with Crippen LogP contribution in [0.4, 0.5) is 17.1 Å². The molecule has 0 aliphatic rings. The smallest absolute Gasteiger partial charge is 0.261 e. The number of rotatable bonds is 7. The highest BCUT2D eigenvalue weighted by molar-refractivity contribution is 7.12. The van der Waals surface area contributed by atoms with E-state index < -0.39 is 0 Å². The lowest BCUT2D eigenvalue weighted by Crippen LogP contribution is -2.21. The summed E-state index contributed by atoms with van der Waals surface area (Å²) >= 11 is 1.42. The van der Waals surface area contributed by atoms with Gasteiger partial charge in [0, 0.05) is 25.5 Å². The van der Waals surface area contributed by atoms with Crippen LogP contribution in [0.2, 0.25) is 0 Å². The Kier molecular flexibility index (Phi) is 6.01. The Morgan fingerprint density at radius 2 is 1.89 bits per heavy atom. The molecule has 0 saturated heterocycles. The van der Waals surface area contributed by atoms with Crippen molar-refractivity contribution in [1.82, 2.24) is 5.32 Å². The van der Waals surface area contributed by atoms with Crippen LogP contribution in [0.3, 0.4) is 0 Å². The van der Waals surface area contributed by atoms with Gasteiger partial charge >= 0.3 is 0 Å². The molecular weight excluding hydrogens is 356 g/mol. The maximum absolute atomic E-state index is 12.5. The fraction of sp³-hybridized carbons (Fsp3) is 0.143. The van der Waals surface area contributed by atoms with Crippen LogP contribution in [0.1, 0.15) is 20.8 Å². The molecule has 3 aromatic rings. The quantitative estimate of drug-likeness (QED) is 0.604. The van der Waals surface area contributed by atoms with Crippen LogP contribution in [0.5, 0.6) is 0 Å². The average molecular weight is 379 g/mol. The SMILES string of the molecule is C=Nc1ccccc1N(C)c1csc(C(=O)NCc2ccc(CN)cc2)c1. The zero-order valence-corrected chi connectivity index (χ0v) is 16.0. The van der Waals surface area contributed by atoms with Crippen molar-refractivity contribution < 1.29 is 4.79 Å². The molecule has 0 fully saturated rings. The van der Waals surface area contributed by atoms with Gasteiger partial charge in [-0.05, 0) is 36.0 Å². The first-order valence-corrected chi connectivity index (χ1v) is 9.44. The Hall–Kier alpha value is -2.96. The molecule has 0 radical (unpaired) electrons. The van der Waals surface area contributed by atoms with Gasteiger partial charge in [0.25, 0.3) is 5.91 Å². The van der Waals surface area contributed by atoms with Crippen molar-refractivity contribution >= 4 is 41.0 Å². The van der Waals surface area contributed by atoms with E-state index in [0.717, 1.165) is 28.2 Å². The minimum Gasteiger partial charge on any atom is -0.347 e. The summed E-state index contributed by atoms with van der Waals surface area (Å²) in [6.45, 7) is 4.62. The number of para-hydroxylation sites is 2. The van der Waals surface area contributed by atoms with Crippen LogP contribution in [0.25, 0.3) is 0 Å². The molecule has 1 aromatic heterocycles. The van der Waals surface area contributed by atoms with E-state index in [-0.39, 0.29) is 5.91 Å². The molecule has 0 bridgehead atoms. The minimum atomic E-state index is -0.0855. The Labute approximate surface area is 163 Å². The zero-order chi connectivity index (χ0) is 19.2. The summed E-state index contributed by atoms with van der Waals surface area (Å²) in [6, 6.07) is 17.6. The van der Waals surface area contributed by atoms with Crippen molar-refractivity contribution in [2.24, 2.45) is 10.7 Å². The first-order chi connectivity index (χ1) is 13.1. The number of amides is 1. The molecule has 138 valence electrons. The van der Waals surface area contributed by atoms with Gasteiger partial charge in [-0.25, -0.2) is 0 Å². The van der Waals surface area contributed by atoms with Gasteiger partial charge in [0.15, 0.2) is 0 Å². The van der Waals surface area contributed by atoms with Gasteiger partial charge < -0.3 is 16.0 Å². The predicted octanol–water partition coefficient (Wildman–Crippen LogP) is 4.24. The number of carbonyl (C=O) groups is 1. The summed E-state index contributed by atoms with van der Waals surface area (Å²) in [5, 5.41) is 4.92. The van der Waals surface area contributed by atoms with Crippen LogP contribution < -0.4 is 16.0 Å². The lowest BCUT2D eigenvalue weighted by Gasteiger charge is -2.19. The number of anilines is 2. The van der Waals surface area contributed by atoms with Gasteiger partial charge in [-0.2, -0.15) is 0 Å². The van der Waals surface area contributed by atoms with Gasteiger partial charge in [-0.3, -0.25) is 9.79 Å². The fourth-order valence-electron chi connectivity index (χ4n) is 2.70. The van der Waals surface area contributed by atoms with E-state index in [1.54, 1.807) is 0 Å². The highest BCUT2D eigenvalue weighted by atomic mass is 32.1. The molecule has 5 nitrogen and oxygen atoms in total. The normalized spacial score (nSPS) is 10.4. The van der Waals surface area contributed by atoms with Crippen molar-refractivity contribution in [2.75, 3.05) is 11.9 Å². The maximum Gasteiger partial charge on any atom is 0.261 e. The number of nitrogens with zero attached hydrogens (tertiary/aromatic N) is 2. The molecule has 0 saturated carbocycles. The number of nitrogens with one attached hydrogen (secondary N) is 1. The summed E-state index contributed by atoms with van der Waals surface area (Å²) in [5.41, 5.74) is 10.4. The van der Waals surface area contributed by atoms with E-state index in [9.17, 15) is 4.79 Å². The summed E-state index contributed by atoms with van der Waals surface area (Å²) in [7, 11) is 1.95. The monoisotopic (exact) mass is 378 g/mol. The molecule has 6 heteroatoms. The van der Waals surface area contributed by atoms with Crippen LogP contribution in [-0.2, 0) is 13.1 Å². The van der Waals surface area contributed by atoms with Gasteiger partial charge in [-0.15, -0.1) is 11.3 Å². The van der Waals surface area contributed by atoms with Crippen LogP contribution in [0.15, 0.2) is 65.0 Å². The molecule has 2 aromatic carbocycles. The number of hydrogen-bond acceptors (Lipinski definition) is 5. The lowest BCUT2D eigenvalue weighted by atomic mass is 10.1. The first kappa shape index (κ1) is 18.8. The van der Waals surface area contributed by atoms with Crippen LogP contribution in [0, 0.1) is 0 Å². The standard InChI is InChI=1S/C21H22N4OS/c1-23-18-5-3-4-6-19(18)25(2)17-11-20(27-14-17)21(26)24-13-16-9-7-15(12-22)8-10-16/h3-11,14H,1,12-13,22H2,2H3,(H,24,26). The zero-order valence-electron chi connectivity index (χ0n) is 15.2. The van der Waals surface area contributed by atoms with Crippen molar-refractivity contribution in [3.63, 3.8) is 0 Å². The Morgan fingerprint density at radius 3 is 2.59 bits per heavy atom.